The van der Waals surface area contributed by atoms with Gasteiger partial charge in [-0.15, -0.1) is 0 Å². The molecule has 0 spiro atoms. The second-order valence-electron chi connectivity index (χ2n) is 6.53. The largest absolute Gasteiger partial charge is 0.381 e. The Morgan fingerprint density at radius 3 is 2.00 bits per heavy atom. The summed E-state index contributed by atoms with van der Waals surface area (Å²) in [5.41, 5.74) is 0. The minimum absolute atomic E-state index is 0.787. The van der Waals surface area contributed by atoms with Gasteiger partial charge in [-0.25, -0.2) is 0 Å². The molecule has 1 rings (SSSR count). The molecule has 2 heteroatoms. The van der Waals surface area contributed by atoms with E-state index in [4.69, 9.17) is 4.74 Å². The van der Waals surface area contributed by atoms with Crippen molar-refractivity contribution in [3.63, 3.8) is 0 Å². The number of hydrogen-bond acceptors (Lipinski definition) is 2. The summed E-state index contributed by atoms with van der Waals surface area (Å²) in [6.45, 7) is 6.62. The van der Waals surface area contributed by atoms with Gasteiger partial charge in [0.25, 0.3) is 0 Å². The minimum Gasteiger partial charge on any atom is -0.381 e. The molecule has 0 N–H and O–H groups in total. The fourth-order valence-electron chi connectivity index (χ4n) is 2.84. The standard InChI is InChI=1S/C18H36OS/c1-3-4-5-6-7-8-9-10-11-12-13-20-16-18-15-19-14-17(18)2/h17-18H,3-16H2,1-2H3. The van der Waals surface area contributed by atoms with Gasteiger partial charge in [0.1, 0.15) is 0 Å². The molecular formula is C18H36OS. The number of hydrogen-bond donors (Lipinski definition) is 0. The molecule has 0 aromatic rings. The van der Waals surface area contributed by atoms with E-state index in [1.807, 2.05) is 0 Å². The van der Waals surface area contributed by atoms with Gasteiger partial charge in [-0.05, 0) is 29.8 Å². The molecule has 1 heterocycles. The van der Waals surface area contributed by atoms with Gasteiger partial charge in [0, 0.05) is 6.61 Å². The monoisotopic (exact) mass is 300 g/mol. The Morgan fingerprint density at radius 1 is 0.850 bits per heavy atom. The number of ether oxygens (including phenoxy) is 1. The predicted molar refractivity (Wildman–Crippen MR) is 92.6 cm³/mol. The first-order valence-corrected chi connectivity index (χ1v) is 10.2. The first kappa shape index (κ1) is 18.4. The highest BCUT2D eigenvalue weighted by atomic mass is 32.2. The van der Waals surface area contributed by atoms with Crippen LogP contribution in [-0.4, -0.2) is 24.7 Å². The molecule has 0 radical (unpaired) electrons. The summed E-state index contributed by atoms with van der Waals surface area (Å²) in [7, 11) is 0. The molecule has 120 valence electrons. The van der Waals surface area contributed by atoms with Crippen molar-refractivity contribution in [2.75, 3.05) is 24.7 Å². The summed E-state index contributed by atoms with van der Waals surface area (Å²) in [5.74, 6) is 4.29. The second kappa shape index (κ2) is 13.0. The molecule has 1 fully saturated rings. The molecular weight excluding hydrogens is 264 g/mol. The fraction of sp³-hybridized carbons (Fsp3) is 1.00. The van der Waals surface area contributed by atoms with Crippen LogP contribution in [0.1, 0.15) is 78.1 Å². The van der Waals surface area contributed by atoms with E-state index in [-0.39, 0.29) is 0 Å². The summed E-state index contributed by atoms with van der Waals surface area (Å²) >= 11 is 2.15. The van der Waals surface area contributed by atoms with Crippen molar-refractivity contribution in [2.45, 2.75) is 78.1 Å². The quantitative estimate of drug-likeness (QED) is 0.390. The Kier molecular flexibility index (Phi) is 11.9. The lowest BCUT2D eigenvalue weighted by Gasteiger charge is -2.12. The highest BCUT2D eigenvalue weighted by Gasteiger charge is 2.23. The third kappa shape index (κ3) is 9.28. The molecule has 0 aliphatic carbocycles. The molecule has 0 aromatic heterocycles. The maximum atomic E-state index is 5.51. The van der Waals surface area contributed by atoms with Crippen molar-refractivity contribution in [3.05, 3.63) is 0 Å². The zero-order valence-electron chi connectivity index (χ0n) is 13.9. The Hall–Kier alpha value is 0.310. The summed E-state index contributed by atoms with van der Waals surface area (Å²) in [6.07, 6.45) is 14.4. The molecule has 0 aromatic carbocycles. The van der Waals surface area contributed by atoms with Crippen molar-refractivity contribution >= 4 is 11.8 Å². The van der Waals surface area contributed by atoms with Crippen molar-refractivity contribution in [1.29, 1.82) is 0 Å². The van der Waals surface area contributed by atoms with Crippen molar-refractivity contribution in [1.82, 2.24) is 0 Å². The van der Waals surface area contributed by atoms with E-state index >= 15 is 0 Å². The Morgan fingerprint density at radius 2 is 1.45 bits per heavy atom. The number of unbranched alkanes of at least 4 members (excludes halogenated alkanes) is 9. The molecule has 1 aliphatic rings. The normalized spacial score (nSPS) is 22.5. The molecule has 1 saturated heterocycles. The molecule has 0 amide bonds. The van der Waals surface area contributed by atoms with Crippen molar-refractivity contribution < 1.29 is 4.74 Å². The number of rotatable bonds is 13. The Labute approximate surface area is 131 Å². The van der Waals surface area contributed by atoms with E-state index in [0.29, 0.717) is 0 Å². The van der Waals surface area contributed by atoms with Crippen LogP contribution in [0.4, 0.5) is 0 Å². The summed E-state index contributed by atoms with van der Waals surface area (Å²) in [6, 6.07) is 0. The van der Waals surface area contributed by atoms with Gasteiger partial charge in [-0.3, -0.25) is 0 Å². The Balaban J connectivity index is 1.72. The summed E-state index contributed by atoms with van der Waals surface area (Å²) in [4.78, 5) is 0. The predicted octanol–water partition coefficient (Wildman–Crippen LogP) is 5.92. The topological polar surface area (TPSA) is 9.23 Å². The molecule has 0 saturated carbocycles. The van der Waals surface area contributed by atoms with Crippen LogP contribution < -0.4 is 0 Å². The molecule has 2 unspecified atom stereocenters. The first-order chi connectivity index (χ1) is 9.84. The van der Waals surface area contributed by atoms with Crippen LogP contribution in [0.2, 0.25) is 0 Å². The zero-order valence-corrected chi connectivity index (χ0v) is 14.7. The van der Waals surface area contributed by atoms with Crippen molar-refractivity contribution in [2.24, 2.45) is 11.8 Å². The number of thioether (sulfide) groups is 1. The van der Waals surface area contributed by atoms with Gasteiger partial charge in [0.15, 0.2) is 0 Å². The van der Waals surface area contributed by atoms with Crippen LogP contribution >= 0.6 is 11.8 Å². The van der Waals surface area contributed by atoms with Crippen LogP contribution in [0.5, 0.6) is 0 Å². The van der Waals surface area contributed by atoms with Crippen molar-refractivity contribution in [3.8, 4) is 0 Å². The third-order valence-electron chi connectivity index (χ3n) is 4.49. The van der Waals surface area contributed by atoms with E-state index in [1.54, 1.807) is 0 Å². The SMILES string of the molecule is CCCCCCCCCCCCSCC1COCC1C. The van der Waals surface area contributed by atoms with Crippen LogP contribution in [-0.2, 0) is 4.74 Å². The van der Waals surface area contributed by atoms with E-state index in [1.165, 1.54) is 75.7 Å². The third-order valence-corrected chi connectivity index (χ3v) is 5.73. The molecule has 20 heavy (non-hydrogen) atoms. The lowest BCUT2D eigenvalue weighted by Crippen LogP contribution is -2.11. The molecule has 1 nitrogen and oxygen atoms in total. The second-order valence-corrected chi connectivity index (χ2v) is 7.68. The average molecular weight is 301 g/mol. The highest BCUT2D eigenvalue weighted by molar-refractivity contribution is 7.99. The van der Waals surface area contributed by atoms with Gasteiger partial charge < -0.3 is 4.74 Å². The maximum absolute atomic E-state index is 5.51. The van der Waals surface area contributed by atoms with E-state index < -0.39 is 0 Å². The highest BCUT2D eigenvalue weighted by Crippen LogP contribution is 2.24. The van der Waals surface area contributed by atoms with Crippen LogP contribution in [0, 0.1) is 11.8 Å². The Bertz CT molecular complexity index is 208. The lowest BCUT2D eigenvalue weighted by atomic mass is 10.0. The summed E-state index contributed by atoms with van der Waals surface area (Å²) < 4.78 is 5.51. The van der Waals surface area contributed by atoms with Gasteiger partial charge in [0.2, 0.25) is 0 Å². The smallest absolute Gasteiger partial charge is 0.0505 e. The van der Waals surface area contributed by atoms with Crippen LogP contribution in [0.15, 0.2) is 0 Å². The van der Waals surface area contributed by atoms with E-state index in [2.05, 4.69) is 25.6 Å². The lowest BCUT2D eigenvalue weighted by molar-refractivity contribution is 0.183. The zero-order chi connectivity index (χ0) is 14.5. The maximum Gasteiger partial charge on any atom is 0.0505 e. The van der Waals surface area contributed by atoms with E-state index in [9.17, 15) is 0 Å². The molecule has 1 aliphatic heterocycles. The fourth-order valence-corrected chi connectivity index (χ4v) is 4.15. The molecule has 0 bridgehead atoms. The first-order valence-electron chi connectivity index (χ1n) is 9.00. The van der Waals surface area contributed by atoms with Gasteiger partial charge in [0.05, 0.1) is 6.61 Å². The van der Waals surface area contributed by atoms with Crippen LogP contribution in [0.3, 0.4) is 0 Å². The van der Waals surface area contributed by atoms with Gasteiger partial charge in [-0.1, -0.05) is 71.6 Å². The average Bonchev–Trinajstić information content (AvgIpc) is 2.85. The molecule has 2 atom stereocenters. The van der Waals surface area contributed by atoms with Crippen LogP contribution in [0.25, 0.3) is 0 Å². The summed E-state index contributed by atoms with van der Waals surface area (Å²) in [5, 5.41) is 0. The van der Waals surface area contributed by atoms with Gasteiger partial charge in [-0.2, -0.15) is 11.8 Å². The van der Waals surface area contributed by atoms with Gasteiger partial charge >= 0.3 is 0 Å². The minimum atomic E-state index is 0.787. The van der Waals surface area contributed by atoms with E-state index in [0.717, 1.165) is 25.0 Å².